The molecule has 1 fully saturated rings. The van der Waals surface area contributed by atoms with Crippen molar-refractivity contribution in [2.45, 2.75) is 37.7 Å². The van der Waals surface area contributed by atoms with Gasteiger partial charge in [0.15, 0.2) is 5.96 Å². The molecular formula is C22H30IN3O. The average molecular weight is 479 g/mol. The number of aliphatic hydroxyl groups is 1. The molecule has 3 rings (SSSR count). The summed E-state index contributed by atoms with van der Waals surface area (Å²) in [5, 5.41) is 16.9. The SMILES string of the molecule is CCNC(=NCC1(c2ccccc2)CC1)NCC(O)Cc1ccccc1.I. The molecule has 0 aliphatic heterocycles. The highest BCUT2D eigenvalue weighted by atomic mass is 127. The Bertz CT molecular complexity index is 702. The van der Waals surface area contributed by atoms with E-state index >= 15 is 0 Å². The number of benzene rings is 2. The van der Waals surface area contributed by atoms with Crippen molar-refractivity contribution in [2.75, 3.05) is 19.6 Å². The standard InChI is InChI=1S/C22H29N3O.HI/c1-2-23-21(24-16-20(26)15-18-9-5-3-6-10-18)25-17-22(13-14-22)19-11-7-4-8-12-19;/h3-12,20,26H,2,13-17H2,1H3,(H2,23,24,25);1H. The molecule has 2 aromatic rings. The van der Waals surface area contributed by atoms with Crippen LogP contribution >= 0.6 is 24.0 Å². The Morgan fingerprint density at radius 3 is 2.26 bits per heavy atom. The number of aliphatic hydroxyl groups excluding tert-OH is 1. The molecular weight excluding hydrogens is 449 g/mol. The van der Waals surface area contributed by atoms with Gasteiger partial charge in [0, 0.05) is 24.9 Å². The molecule has 5 heteroatoms. The molecule has 146 valence electrons. The van der Waals surface area contributed by atoms with Crippen LogP contribution in [0.15, 0.2) is 65.7 Å². The van der Waals surface area contributed by atoms with Crippen molar-refractivity contribution in [2.24, 2.45) is 4.99 Å². The quantitative estimate of drug-likeness (QED) is 0.309. The van der Waals surface area contributed by atoms with E-state index in [-0.39, 0.29) is 29.4 Å². The zero-order valence-corrected chi connectivity index (χ0v) is 18.2. The number of aliphatic imine (C=N–C) groups is 1. The van der Waals surface area contributed by atoms with Gasteiger partial charge in [0.2, 0.25) is 0 Å². The van der Waals surface area contributed by atoms with E-state index in [0.717, 1.165) is 24.6 Å². The third-order valence-electron chi connectivity index (χ3n) is 4.94. The molecule has 1 aliphatic rings. The van der Waals surface area contributed by atoms with Crippen LogP contribution in [0.5, 0.6) is 0 Å². The predicted molar refractivity (Wildman–Crippen MR) is 123 cm³/mol. The van der Waals surface area contributed by atoms with Crippen molar-refractivity contribution >= 4 is 29.9 Å². The van der Waals surface area contributed by atoms with Crippen LogP contribution in [0.4, 0.5) is 0 Å². The molecule has 27 heavy (non-hydrogen) atoms. The summed E-state index contributed by atoms with van der Waals surface area (Å²) in [6.45, 7) is 4.13. The molecule has 1 unspecified atom stereocenters. The van der Waals surface area contributed by atoms with E-state index < -0.39 is 6.10 Å². The van der Waals surface area contributed by atoms with Crippen molar-refractivity contribution in [3.63, 3.8) is 0 Å². The van der Waals surface area contributed by atoms with Gasteiger partial charge in [-0.25, -0.2) is 0 Å². The lowest BCUT2D eigenvalue weighted by Crippen LogP contribution is -2.42. The molecule has 0 saturated heterocycles. The number of nitrogens with one attached hydrogen (secondary N) is 2. The van der Waals surface area contributed by atoms with Gasteiger partial charge in [0.05, 0.1) is 12.6 Å². The lowest BCUT2D eigenvalue weighted by molar-refractivity contribution is 0.177. The van der Waals surface area contributed by atoms with Crippen LogP contribution in [0, 0.1) is 0 Å². The predicted octanol–water partition coefficient (Wildman–Crippen LogP) is 3.49. The molecule has 2 aromatic carbocycles. The number of hydrogen-bond donors (Lipinski definition) is 3. The van der Waals surface area contributed by atoms with Crippen molar-refractivity contribution in [3.8, 4) is 0 Å². The van der Waals surface area contributed by atoms with Crippen LogP contribution in [0.3, 0.4) is 0 Å². The normalized spacial score (nSPS) is 16.1. The van der Waals surface area contributed by atoms with Gasteiger partial charge in [-0.05, 0) is 30.9 Å². The second-order valence-electron chi connectivity index (χ2n) is 7.07. The molecule has 4 nitrogen and oxygen atoms in total. The van der Waals surface area contributed by atoms with Gasteiger partial charge < -0.3 is 15.7 Å². The topological polar surface area (TPSA) is 56.7 Å². The van der Waals surface area contributed by atoms with Crippen LogP contribution in [0.25, 0.3) is 0 Å². The van der Waals surface area contributed by atoms with Gasteiger partial charge in [0.1, 0.15) is 0 Å². The van der Waals surface area contributed by atoms with Gasteiger partial charge in [-0.3, -0.25) is 4.99 Å². The van der Waals surface area contributed by atoms with Crippen molar-refractivity contribution in [1.82, 2.24) is 10.6 Å². The first kappa shape index (κ1) is 21.7. The summed E-state index contributed by atoms with van der Waals surface area (Å²) < 4.78 is 0. The highest BCUT2D eigenvalue weighted by Gasteiger charge is 2.43. The molecule has 0 heterocycles. The fourth-order valence-electron chi connectivity index (χ4n) is 3.23. The molecule has 0 bridgehead atoms. The number of hydrogen-bond acceptors (Lipinski definition) is 2. The van der Waals surface area contributed by atoms with Crippen LogP contribution in [-0.4, -0.2) is 36.8 Å². The lowest BCUT2D eigenvalue weighted by atomic mass is 9.96. The van der Waals surface area contributed by atoms with E-state index in [1.165, 1.54) is 18.4 Å². The summed E-state index contributed by atoms with van der Waals surface area (Å²) in [5.41, 5.74) is 2.72. The Morgan fingerprint density at radius 1 is 1.04 bits per heavy atom. The minimum Gasteiger partial charge on any atom is -0.391 e. The molecule has 0 spiro atoms. The Labute approximate surface area is 179 Å². The second-order valence-corrected chi connectivity index (χ2v) is 7.07. The first-order chi connectivity index (χ1) is 12.7. The Balaban J connectivity index is 0.00000261. The van der Waals surface area contributed by atoms with Crippen molar-refractivity contribution in [3.05, 3.63) is 71.8 Å². The number of halogens is 1. The van der Waals surface area contributed by atoms with E-state index in [2.05, 4.69) is 47.9 Å². The fourth-order valence-corrected chi connectivity index (χ4v) is 3.23. The van der Waals surface area contributed by atoms with Crippen LogP contribution in [0.1, 0.15) is 30.9 Å². The van der Waals surface area contributed by atoms with Crippen LogP contribution in [0.2, 0.25) is 0 Å². The van der Waals surface area contributed by atoms with E-state index in [9.17, 15) is 5.11 Å². The maximum absolute atomic E-state index is 10.3. The molecule has 1 atom stereocenters. The van der Waals surface area contributed by atoms with Gasteiger partial charge in [-0.1, -0.05) is 60.7 Å². The van der Waals surface area contributed by atoms with Crippen LogP contribution < -0.4 is 10.6 Å². The maximum Gasteiger partial charge on any atom is 0.191 e. The summed E-state index contributed by atoms with van der Waals surface area (Å²) in [6.07, 6.45) is 2.58. The lowest BCUT2D eigenvalue weighted by Gasteiger charge is -2.17. The van der Waals surface area contributed by atoms with Crippen molar-refractivity contribution < 1.29 is 5.11 Å². The maximum atomic E-state index is 10.3. The van der Waals surface area contributed by atoms with E-state index in [0.29, 0.717) is 13.0 Å². The number of guanidine groups is 1. The second kappa shape index (κ2) is 10.7. The van der Waals surface area contributed by atoms with E-state index in [1.54, 1.807) is 0 Å². The zero-order chi connectivity index (χ0) is 18.2. The molecule has 0 radical (unpaired) electrons. The minimum atomic E-state index is -0.440. The summed E-state index contributed by atoms with van der Waals surface area (Å²) in [6, 6.07) is 20.7. The number of rotatable bonds is 8. The molecule has 0 amide bonds. The first-order valence-electron chi connectivity index (χ1n) is 9.51. The Morgan fingerprint density at radius 2 is 1.67 bits per heavy atom. The molecule has 3 N–H and O–H groups in total. The van der Waals surface area contributed by atoms with Gasteiger partial charge >= 0.3 is 0 Å². The number of nitrogens with zero attached hydrogens (tertiary/aromatic N) is 1. The summed E-state index contributed by atoms with van der Waals surface area (Å²) in [7, 11) is 0. The smallest absolute Gasteiger partial charge is 0.191 e. The average Bonchev–Trinajstić information content (AvgIpc) is 3.47. The largest absolute Gasteiger partial charge is 0.391 e. The summed E-state index contributed by atoms with van der Waals surface area (Å²) >= 11 is 0. The van der Waals surface area contributed by atoms with E-state index in [1.807, 2.05) is 30.3 Å². The zero-order valence-electron chi connectivity index (χ0n) is 15.9. The van der Waals surface area contributed by atoms with Crippen molar-refractivity contribution in [1.29, 1.82) is 0 Å². The van der Waals surface area contributed by atoms with Crippen LogP contribution in [-0.2, 0) is 11.8 Å². The molecule has 0 aromatic heterocycles. The van der Waals surface area contributed by atoms with E-state index in [4.69, 9.17) is 4.99 Å². The highest BCUT2D eigenvalue weighted by molar-refractivity contribution is 14.0. The Hall–Kier alpha value is -1.60. The highest BCUT2D eigenvalue weighted by Crippen LogP contribution is 2.48. The fraction of sp³-hybridized carbons (Fsp3) is 0.409. The monoisotopic (exact) mass is 479 g/mol. The van der Waals surface area contributed by atoms with Gasteiger partial charge in [-0.15, -0.1) is 24.0 Å². The third-order valence-corrected chi connectivity index (χ3v) is 4.94. The first-order valence-corrected chi connectivity index (χ1v) is 9.51. The summed E-state index contributed by atoms with van der Waals surface area (Å²) in [4.78, 5) is 4.79. The summed E-state index contributed by atoms with van der Waals surface area (Å²) in [5.74, 6) is 0.779. The third kappa shape index (κ3) is 6.50. The van der Waals surface area contributed by atoms with Gasteiger partial charge in [-0.2, -0.15) is 0 Å². The minimum absolute atomic E-state index is 0. The Kier molecular flexibility index (Phi) is 8.57. The molecule has 1 aliphatic carbocycles. The molecule has 1 saturated carbocycles. The van der Waals surface area contributed by atoms with Gasteiger partial charge in [0.25, 0.3) is 0 Å².